The van der Waals surface area contributed by atoms with Gasteiger partial charge in [-0.2, -0.15) is 0 Å². The molecule has 0 amide bonds. The first-order valence-corrected chi connectivity index (χ1v) is 8.32. The number of benzene rings is 1. The average Bonchev–Trinajstić information content (AvgIpc) is 2.54. The second kappa shape index (κ2) is 7.80. The van der Waals surface area contributed by atoms with Gasteiger partial charge < -0.3 is 15.2 Å². The van der Waals surface area contributed by atoms with Crippen molar-refractivity contribution in [2.45, 2.75) is 53.0 Å². The van der Waals surface area contributed by atoms with Gasteiger partial charge in [-0.3, -0.25) is 0 Å². The third-order valence-electron chi connectivity index (χ3n) is 3.94. The zero-order valence-corrected chi connectivity index (χ0v) is 15.1. The average molecular weight is 369 g/mol. The van der Waals surface area contributed by atoms with Gasteiger partial charge in [0.25, 0.3) is 5.88 Å². The molecule has 2 aromatic rings. The maximum Gasteiger partial charge on any atom is 0.573 e. The van der Waals surface area contributed by atoms with Crippen LogP contribution < -0.4 is 15.2 Å². The van der Waals surface area contributed by atoms with E-state index in [1.54, 1.807) is 13.8 Å². The fourth-order valence-electron chi connectivity index (χ4n) is 2.57. The molecule has 1 aromatic heterocycles. The molecule has 0 bridgehead atoms. The molecule has 0 aliphatic heterocycles. The van der Waals surface area contributed by atoms with Crippen molar-refractivity contribution in [2.24, 2.45) is 0 Å². The summed E-state index contributed by atoms with van der Waals surface area (Å²) in [6.45, 7) is 7.44. The quantitative estimate of drug-likeness (QED) is 0.791. The standard InChI is InChI=1S/C18H22F3N3O2/c1-5-12(6-2)25-17-16(22)24-15(11(4)23-17)14-8-7-13(9-10(14)3)26-18(19,20)21/h7-9,12H,5-6H2,1-4H3,(H2,22,24). The van der Waals surface area contributed by atoms with Crippen LogP contribution in [0, 0.1) is 13.8 Å². The van der Waals surface area contributed by atoms with Crippen LogP contribution in [0.15, 0.2) is 18.2 Å². The molecule has 0 fully saturated rings. The van der Waals surface area contributed by atoms with Gasteiger partial charge in [0.05, 0.1) is 11.4 Å². The van der Waals surface area contributed by atoms with Crippen LogP contribution in [0.3, 0.4) is 0 Å². The maximum absolute atomic E-state index is 12.3. The largest absolute Gasteiger partial charge is 0.573 e. The molecule has 0 saturated heterocycles. The lowest BCUT2D eigenvalue weighted by Crippen LogP contribution is -2.17. The Kier molecular flexibility index (Phi) is 5.94. The van der Waals surface area contributed by atoms with E-state index >= 15 is 0 Å². The highest BCUT2D eigenvalue weighted by Crippen LogP contribution is 2.32. The lowest BCUT2D eigenvalue weighted by molar-refractivity contribution is -0.274. The second-order valence-electron chi connectivity index (χ2n) is 5.93. The summed E-state index contributed by atoms with van der Waals surface area (Å²) >= 11 is 0. The fourth-order valence-corrected chi connectivity index (χ4v) is 2.57. The molecule has 0 spiro atoms. The molecular formula is C18H22F3N3O2. The molecular weight excluding hydrogens is 347 g/mol. The number of aromatic nitrogens is 2. The fraction of sp³-hybridized carbons (Fsp3) is 0.444. The SMILES string of the molecule is CCC(CC)Oc1nc(C)c(-c2ccc(OC(F)(F)F)cc2C)nc1N. The van der Waals surface area contributed by atoms with E-state index in [-0.39, 0.29) is 23.6 Å². The number of hydrogen-bond acceptors (Lipinski definition) is 5. The monoisotopic (exact) mass is 369 g/mol. The van der Waals surface area contributed by atoms with Gasteiger partial charge in [-0.25, -0.2) is 9.97 Å². The van der Waals surface area contributed by atoms with Crippen LogP contribution in [0.4, 0.5) is 19.0 Å². The number of anilines is 1. The van der Waals surface area contributed by atoms with E-state index in [4.69, 9.17) is 10.5 Å². The van der Waals surface area contributed by atoms with E-state index in [1.165, 1.54) is 18.2 Å². The summed E-state index contributed by atoms with van der Waals surface area (Å²) in [6, 6.07) is 4.05. The van der Waals surface area contributed by atoms with Crippen molar-refractivity contribution < 1.29 is 22.6 Å². The zero-order chi connectivity index (χ0) is 19.5. The number of nitrogen functional groups attached to an aromatic ring is 1. The van der Waals surface area contributed by atoms with Gasteiger partial charge in [0.1, 0.15) is 11.9 Å². The summed E-state index contributed by atoms with van der Waals surface area (Å²) in [7, 11) is 0. The number of halogens is 3. The number of alkyl halides is 3. The summed E-state index contributed by atoms with van der Waals surface area (Å²) in [6.07, 6.45) is -3.10. The van der Waals surface area contributed by atoms with Crippen LogP contribution in [0.2, 0.25) is 0 Å². The Morgan fingerprint density at radius 1 is 1.12 bits per heavy atom. The Morgan fingerprint density at radius 3 is 2.31 bits per heavy atom. The molecule has 8 heteroatoms. The van der Waals surface area contributed by atoms with Crippen LogP contribution in [-0.4, -0.2) is 22.4 Å². The number of hydrogen-bond donors (Lipinski definition) is 1. The molecule has 5 nitrogen and oxygen atoms in total. The summed E-state index contributed by atoms with van der Waals surface area (Å²) < 4.78 is 46.7. The van der Waals surface area contributed by atoms with Crippen LogP contribution in [0.25, 0.3) is 11.3 Å². The molecule has 26 heavy (non-hydrogen) atoms. The van der Waals surface area contributed by atoms with Crippen molar-refractivity contribution in [1.29, 1.82) is 0 Å². The van der Waals surface area contributed by atoms with Crippen molar-refractivity contribution in [3.63, 3.8) is 0 Å². The molecule has 0 unspecified atom stereocenters. The maximum atomic E-state index is 12.3. The van der Waals surface area contributed by atoms with Crippen molar-refractivity contribution in [3.05, 3.63) is 29.5 Å². The minimum Gasteiger partial charge on any atom is -0.472 e. The van der Waals surface area contributed by atoms with Crippen molar-refractivity contribution in [2.75, 3.05) is 5.73 Å². The number of aryl methyl sites for hydroxylation is 2. The van der Waals surface area contributed by atoms with Crippen LogP contribution in [0.1, 0.15) is 37.9 Å². The van der Waals surface area contributed by atoms with Gasteiger partial charge in [-0.15, -0.1) is 13.2 Å². The molecule has 1 aromatic carbocycles. The van der Waals surface area contributed by atoms with Crippen molar-refractivity contribution in [3.8, 4) is 22.9 Å². The first-order valence-electron chi connectivity index (χ1n) is 8.32. The Labute approximate surface area is 150 Å². The minimum absolute atomic E-state index is 0.00242. The number of rotatable bonds is 6. The normalized spacial score (nSPS) is 11.7. The number of nitrogens with zero attached hydrogens (tertiary/aromatic N) is 2. The first kappa shape index (κ1) is 19.8. The molecule has 0 saturated carbocycles. The van der Waals surface area contributed by atoms with Crippen LogP contribution >= 0.6 is 0 Å². The van der Waals surface area contributed by atoms with Gasteiger partial charge in [0.15, 0.2) is 5.82 Å². The van der Waals surface area contributed by atoms with E-state index in [0.29, 0.717) is 22.5 Å². The lowest BCUT2D eigenvalue weighted by atomic mass is 10.0. The van der Waals surface area contributed by atoms with Crippen molar-refractivity contribution in [1.82, 2.24) is 9.97 Å². The first-order chi connectivity index (χ1) is 12.1. The Morgan fingerprint density at radius 2 is 1.77 bits per heavy atom. The summed E-state index contributed by atoms with van der Waals surface area (Å²) in [5, 5.41) is 0. The molecule has 1 heterocycles. The van der Waals surface area contributed by atoms with E-state index in [0.717, 1.165) is 12.8 Å². The molecule has 0 aliphatic carbocycles. The third-order valence-corrected chi connectivity index (χ3v) is 3.94. The summed E-state index contributed by atoms with van der Waals surface area (Å²) in [5.74, 6) is 0.133. The van der Waals surface area contributed by atoms with Crippen molar-refractivity contribution >= 4 is 5.82 Å². The number of ether oxygens (including phenoxy) is 2. The molecule has 2 N–H and O–H groups in total. The van der Waals surface area contributed by atoms with Gasteiger partial charge in [-0.05, 0) is 50.5 Å². The molecule has 2 rings (SSSR count). The smallest absolute Gasteiger partial charge is 0.472 e. The molecule has 142 valence electrons. The van der Waals surface area contributed by atoms with E-state index in [1.807, 2.05) is 13.8 Å². The van der Waals surface area contributed by atoms with E-state index in [9.17, 15) is 13.2 Å². The Hall–Kier alpha value is -2.51. The topological polar surface area (TPSA) is 70.3 Å². The predicted octanol–water partition coefficient (Wildman–Crippen LogP) is 4.81. The molecule has 0 aliphatic rings. The minimum atomic E-state index is -4.73. The van der Waals surface area contributed by atoms with Crippen LogP contribution in [0.5, 0.6) is 11.6 Å². The summed E-state index contributed by atoms with van der Waals surface area (Å²) in [4.78, 5) is 8.74. The van der Waals surface area contributed by atoms with E-state index < -0.39 is 6.36 Å². The molecule has 0 radical (unpaired) electrons. The van der Waals surface area contributed by atoms with E-state index in [2.05, 4.69) is 14.7 Å². The predicted molar refractivity (Wildman–Crippen MR) is 93.0 cm³/mol. The zero-order valence-electron chi connectivity index (χ0n) is 15.1. The molecule has 0 atom stereocenters. The Balaban J connectivity index is 2.36. The summed E-state index contributed by atoms with van der Waals surface area (Å²) in [5.41, 5.74) is 8.25. The lowest BCUT2D eigenvalue weighted by Gasteiger charge is -2.18. The highest BCUT2D eigenvalue weighted by molar-refractivity contribution is 5.68. The third kappa shape index (κ3) is 4.77. The van der Waals surface area contributed by atoms with Gasteiger partial charge in [-0.1, -0.05) is 13.8 Å². The highest BCUT2D eigenvalue weighted by Gasteiger charge is 2.31. The van der Waals surface area contributed by atoms with Gasteiger partial charge in [0, 0.05) is 5.56 Å². The second-order valence-corrected chi connectivity index (χ2v) is 5.93. The Bertz CT molecular complexity index is 775. The number of nitrogens with two attached hydrogens (primary N) is 1. The highest BCUT2D eigenvalue weighted by atomic mass is 19.4. The van der Waals surface area contributed by atoms with Crippen LogP contribution in [-0.2, 0) is 0 Å². The van der Waals surface area contributed by atoms with Gasteiger partial charge >= 0.3 is 6.36 Å². The van der Waals surface area contributed by atoms with Gasteiger partial charge in [0.2, 0.25) is 0 Å².